The highest BCUT2D eigenvalue weighted by Gasteiger charge is 2.09. The molecular weight excluding hydrogens is 254 g/mol. The Labute approximate surface area is 119 Å². The number of fused-ring (bicyclic) bond motifs is 1. The number of rotatable bonds is 8. The molecule has 0 saturated heterocycles. The summed E-state index contributed by atoms with van der Waals surface area (Å²) in [6.07, 6.45) is 1.64. The van der Waals surface area contributed by atoms with Gasteiger partial charge in [-0.2, -0.15) is 9.97 Å². The number of nitrogens with one attached hydrogen (secondary N) is 3. The van der Waals surface area contributed by atoms with E-state index in [1.807, 2.05) is 6.92 Å². The first-order valence-electron chi connectivity index (χ1n) is 7.19. The zero-order chi connectivity index (χ0) is 14.4. The fourth-order valence-electron chi connectivity index (χ4n) is 2.07. The highest BCUT2D eigenvalue weighted by Crippen LogP contribution is 2.18. The SMILES string of the molecule is CCNc1nc(NCCN(CC)CC)c2[nH]cnc2n1. The highest BCUT2D eigenvalue weighted by atomic mass is 15.2. The minimum absolute atomic E-state index is 0.609. The normalized spacial score (nSPS) is 11.2. The summed E-state index contributed by atoms with van der Waals surface area (Å²) in [5, 5.41) is 6.49. The van der Waals surface area contributed by atoms with Crippen molar-refractivity contribution in [2.75, 3.05) is 43.4 Å². The van der Waals surface area contributed by atoms with Crippen LogP contribution < -0.4 is 10.6 Å². The number of H-pyrrole nitrogens is 1. The molecule has 2 aromatic rings. The molecule has 20 heavy (non-hydrogen) atoms. The molecule has 0 saturated carbocycles. The minimum atomic E-state index is 0.609. The zero-order valence-electron chi connectivity index (χ0n) is 12.4. The van der Waals surface area contributed by atoms with Gasteiger partial charge in [-0.25, -0.2) is 4.98 Å². The summed E-state index contributed by atoms with van der Waals surface area (Å²) in [6, 6.07) is 0. The third-order valence-electron chi connectivity index (χ3n) is 3.24. The van der Waals surface area contributed by atoms with Gasteiger partial charge in [0.1, 0.15) is 5.52 Å². The summed E-state index contributed by atoms with van der Waals surface area (Å²) >= 11 is 0. The van der Waals surface area contributed by atoms with Crippen molar-refractivity contribution in [3.8, 4) is 0 Å². The molecule has 2 rings (SSSR count). The van der Waals surface area contributed by atoms with E-state index in [2.05, 4.69) is 49.3 Å². The van der Waals surface area contributed by atoms with E-state index in [9.17, 15) is 0 Å². The third kappa shape index (κ3) is 3.36. The van der Waals surface area contributed by atoms with E-state index in [4.69, 9.17) is 0 Å². The summed E-state index contributed by atoms with van der Waals surface area (Å²) < 4.78 is 0. The van der Waals surface area contributed by atoms with Gasteiger partial charge in [0, 0.05) is 19.6 Å². The van der Waals surface area contributed by atoms with Gasteiger partial charge in [0.25, 0.3) is 0 Å². The lowest BCUT2D eigenvalue weighted by Gasteiger charge is -2.18. The van der Waals surface area contributed by atoms with Crippen molar-refractivity contribution in [3.63, 3.8) is 0 Å². The van der Waals surface area contributed by atoms with Crippen molar-refractivity contribution in [2.24, 2.45) is 0 Å². The van der Waals surface area contributed by atoms with Gasteiger partial charge in [0.2, 0.25) is 5.95 Å². The van der Waals surface area contributed by atoms with Crippen LogP contribution in [0.2, 0.25) is 0 Å². The first-order chi connectivity index (χ1) is 9.78. The van der Waals surface area contributed by atoms with E-state index in [0.29, 0.717) is 11.6 Å². The first-order valence-corrected chi connectivity index (χ1v) is 7.19. The second-order valence-corrected chi connectivity index (χ2v) is 4.48. The Morgan fingerprint density at radius 1 is 1.15 bits per heavy atom. The second kappa shape index (κ2) is 7.04. The van der Waals surface area contributed by atoms with Crippen LogP contribution in [0.15, 0.2) is 6.33 Å². The van der Waals surface area contributed by atoms with Gasteiger partial charge in [0.15, 0.2) is 11.5 Å². The molecule has 0 bridgehead atoms. The quantitative estimate of drug-likeness (QED) is 0.679. The smallest absolute Gasteiger partial charge is 0.226 e. The average Bonchev–Trinajstić information content (AvgIpc) is 2.92. The lowest BCUT2D eigenvalue weighted by atomic mass is 10.4. The molecule has 2 aromatic heterocycles. The van der Waals surface area contributed by atoms with Crippen LogP contribution in [0.5, 0.6) is 0 Å². The molecule has 0 aliphatic rings. The highest BCUT2D eigenvalue weighted by molar-refractivity contribution is 5.83. The van der Waals surface area contributed by atoms with Crippen LogP contribution in [0.1, 0.15) is 20.8 Å². The molecule has 0 aliphatic carbocycles. The molecule has 7 heteroatoms. The molecule has 0 fully saturated rings. The fraction of sp³-hybridized carbons (Fsp3) is 0.615. The van der Waals surface area contributed by atoms with Gasteiger partial charge < -0.3 is 20.5 Å². The maximum Gasteiger partial charge on any atom is 0.226 e. The summed E-state index contributed by atoms with van der Waals surface area (Å²) in [5.41, 5.74) is 1.53. The van der Waals surface area contributed by atoms with E-state index in [0.717, 1.165) is 44.1 Å². The Balaban J connectivity index is 2.09. The number of likely N-dealkylation sites (N-methyl/N-ethyl adjacent to an activating group) is 1. The second-order valence-electron chi connectivity index (χ2n) is 4.48. The number of aromatic amines is 1. The predicted molar refractivity (Wildman–Crippen MR) is 82.1 cm³/mol. The number of imidazole rings is 1. The molecule has 2 heterocycles. The maximum atomic E-state index is 4.49. The minimum Gasteiger partial charge on any atom is -0.367 e. The average molecular weight is 277 g/mol. The van der Waals surface area contributed by atoms with Gasteiger partial charge >= 0.3 is 0 Å². The van der Waals surface area contributed by atoms with E-state index < -0.39 is 0 Å². The van der Waals surface area contributed by atoms with E-state index >= 15 is 0 Å². The summed E-state index contributed by atoms with van der Waals surface area (Å²) in [6.45, 7) is 11.1. The molecule has 0 radical (unpaired) electrons. The number of hydrogen-bond acceptors (Lipinski definition) is 6. The van der Waals surface area contributed by atoms with Crippen LogP contribution in [0.25, 0.3) is 11.2 Å². The molecule has 7 nitrogen and oxygen atoms in total. The first kappa shape index (κ1) is 14.5. The van der Waals surface area contributed by atoms with Gasteiger partial charge in [0.05, 0.1) is 6.33 Å². The van der Waals surface area contributed by atoms with Crippen LogP contribution >= 0.6 is 0 Å². The number of aromatic nitrogens is 4. The van der Waals surface area contributed by atoms with Crippen molar-refractivity contribution in [2.45, 2.75) is 20.8 Å². The van der Waals surface area contributed by atoms with Gasteiger partial charge in [-0.3, -0.25) is 0 Å². The van der Waals surface area contributed by atoms with Gasteiger partial charge in [-0.15, -0.1) is 0 Å². The monoisotopic (exact) mass is 277 g/mol. The predicted octanol–water partition coefficient (Wildman–Crippen LogP) is 1.54. The van der Waals surface area contributed by atoms with E-state index in [1.54, 1.807) is 6.33 Å². The summed E-state index contributed by atoms with van der Waals surface area (Å²) in [4.78, 5) is 18.5. The molecule has 0 spiro atoms. The summed E-state index contributed by atoms with van der Waals surface area (Å²) in [7, 11) is 0. The Morgan fingerprint density at radius 3 is 2.65 bits per heavy atom. The van der Waals surface area contributed by atoms with E-state index in [1.165, 1.54) is 0 Å². The van der Waals surface area contributed by atoms with Crippen LogP contribution in [-0.2, 0) is 0 Å². The largest absolute Gasteiger partial charge is 0.367 e. The molecular formula is C13H23N7. The van der Waals surface area contributed by atoms with Gasteiger partial charge in [-0.05, 0) is 20.0 Å². The Kier molecular flexibility index (Phi) is 5.11. The van der Waals surface area contributed by atoms with Crippen molar-refractivity contribution < 1.29 is 0 Å². The lowest BCUT2D eigenvalue weighted by molar-refractivity contribution is 0.316. The van der Waals surface area contributed by atoms with Crippen LogP contribution in [0, 0.1) is 0 Å². The number of nitrogens with zero attached hydrogens (tertiary/aromatic N) is 4. The third-order valence-corrected chi connectivity index (χ3v) is 3.24. The molecule has 0 amide bonds. The van der Waals surface area contributed by atoms with Crippen LogP contribution in [-0.4, -0.2) is 57.6 Å². The molecule has 110 valence electrons. The number of hydrogen-bond donors (Lipinski definition) is 3. The van der Waals surface area contributed by atoms with Gasteiger partial charge in [-0.1, -0.05) is 13.8 Å². The van der Waals surface area contributed by atoms with Crippen LogP contribution in [0.3, 0.4) is 0 Å². The van der Waals surface area contributed by atoms with Crippen molar-refractivity contribution in [3.05, 3.63) is 6.33 Å². The molecule has 0 atom stereocenters. The Hall–Kier alpha value is -1.89. The van der Waals surface area contributed by atoms with E-state index in [-0.39, 0.29) is 0 Å². The topological polar surface area (TPSA) is 81.8 Å². The fourth-order valence-corrected chi connectivity index (χ4v) is 2.07. The number of anilines is 2. The zero-order valence-corrected chi connectivity index (χ0v) is 12.4. The molecule has 0 aromatic carbocycles. The lowest BCUT2D eigenvalue weighted by Crippen LogP contribution is -2.28. The van der Waals surface area contributed by atoms with Crippen molar-refractivity contribution >= 4 is 22.9 Å². The maximum absolute atomic E-state index is 4.49. The molecule has 3 N–H and O–H groups in total. The Bertz CT molecular complexity index is 532. The summed E-state index contributed by atoms with van der Waals surface area (Å²) in [5.74, 6) is 1.41. The molecule has 0 aliphatic heterocycles. The molecule has 0 unspecified atom stereocenters. The van der Waals surface area contributed by atoms with Crippen molar-refractivity contribution in [1.82, 2.24) is 24.8 Å². The Morgan fingerprint density at radius 2 is 1.95 bits per heavy atom. The van der Waals surface area contributed by atoms with Crippen molar-refractivity contribution in [1.29, 1.82) is 0 Å². The standard InChI is InChI=1S/C13H23N7/c1-4-14-13-18-11(10-12(19-13)17-9-16-10)15-7-8-20(5-2)6-3/h9H,4-8H2,1-3H3,(H3,14,15,16,17,18,19). The van der Waals surface area contributed by atoms with Crippen LogP contribution in [0.4, 0.5) is 11.8 Å².